The number of piperidine rings is 1. The van der Waals surface area contributed by atoms with E-state index in [-0.39, 0.29) is 0 Å². The SMILES string of the molecule is CCOc1ncnc(N2CCC(C)CC2CN)c1C. The van der Waals surface area contributed by atoms with Crippen molar-refractivity contribution >= 4 is 5.82 Å². The molecule has 1 fully saturated rings. The Labute approximate surface area is 115 Å². The number of anilines is 1. The van der Waals surface area contributed by atoms with Crippen LogP contribution in [0.5, 0.6) is 5.88 Å². The van der Waals surface area contributed by atoms with E-state index >= 15 is 0 Å². The topological polar surface area (TPSA) is 64.3 Å². The van der Waals surface area contributed by atoms with E-state index in [1.54, 1.807) is 6.33 Å². The van der Waals surface area contributed by atoms with Gasteiger partial charge in [-0.1, -0.05) is 6.92 Å². The summed E-state index contributed by atoms with van der Waals surface area (Å²) in [6, 6.07) is 0.367. The number of ether oxygens (including phenoxy) is 1. The van der Waals surface area contributed by atoms with Crippen LogP contribution in [-0.4, -0.2) is 35.7 Å². The monoisotopic (exact) mass is 264 g/mol. The normalized spacial score (nSPS) is 23.5. The second-order valence-electron chi connectivity index (χ2n) is 5.27. The number of nitrogens with zero attached hydrogens (tertiary/aromatic N) is 3. The first-order chi connectivity index (χ1) is 9.17. The molecule has 1 aliphatic heterocycles. The molecule has 0 saturated carbocycles. The van der Waals surface area contributed by atoms with Gasteiger partial charge in [0, 0.05) is 19.1 Å². The van der Waals surface area contributed by atoms with Crippen LogP contribution >= 0.6 is 0 Å². The highest BCUT2D eigenvalue weighted by Crippen LogP contribution is 2.30. The summed E-state index contributed by atoms with van der Waals surface area (Å²) in [5, 5.41) is 0. The average Bonchev–Trinajstić information content (AvgIpc) is 2.42. The zero-order valence-corrected chi connectivity index (χ0v) is 12.1. The third-order valence-electron chi connectivity index (χ3n) is 3.81. The van der Waals surface area contributed by atoms with E-state index in [1.165, 1.54) is 6.42 Å². The van der Waals surface area contributed by atoms with Crippen LogP contribution in [0.15, 0.2) is 6.33 Å². The molecular weight excluding hydrogens is 240 g/mol. The van der Waals surface area contributed by atoms with Crippen molar-refractivity contribution in [3.63, 3.8) is 0 Å². The van der Waals surface area contributed by atoms with Crippen LogP contribution < -0.4 is 15.4 Å². The minimum absolute atomic E-state index is 0.367. The van der Waals surface area contributed by atoms with Crippen molar-refractivity contribution in [3.8, 4) is 5.88 Å². The Morgan fingerprint density at radius 1 is 1.47 bits per heavy atom. The molecule has 2 atom stereocenters. The smallest absolute Gasteiger partial charge is 0.221 e. The number of hydrogen-bond acceptors (Lipinski definition) is 5. The van der Waals surface area contributed by atoms with Gasteiger partial charge in [-0.3, -0.25) is 0 Å². The second kappa shape index (κ2) is 6.19. The lowest BCUT2D eigenvalue weighted by Crippen LogP contribution is -2.47. The van der Waals surface area contributed by atoms with Crippen LogP contribution in [0.3, 0.4) is 0 Å². The molecule has 2 heterocycles. The van der Waals surface area contributed by atoms with Crippen molar-refractivity contribution in [3.05, 3.63) is 11.9 Å². The summed E-state index contributed by atoms with van der Waals surface area (Å²) < 4.78 is 5.55. The third kappa shape index (κ3) is 2.97. The van der Waals surface area contributed by atoms with Crippen LogP contribution in [-0.2, 0) is 0 Å². The van der Waals surface area contributed by atoms with Gasteiger partial charge in [0.1, 0.15) is 12.1 Å². The van der Waals surface area contributed by atoms with Gasteiger partial charge in [0.25, 0.3) is 0 Å². The molecular formula is C14H24N4O. The molecule has 19 heavy (non-hydrogen) atoms. The maximum absolute atomic E-state index is 5.92. The predicted molar refractivity (Wildman–Crippen MR) is 76.5 cm³/mol. The van der Waals surface area contributed by atoms with Crippen LogP contribution in [0.1, 0.15) is 32.3 Å². The lowest BCUT2D eigenvalue weighted by molar-refractivity contribution is 0.322. The fraction of sp³-hybridized carbons (Fsp3) is 0.714. The highest BCUT2D eigenvalue weighted by molar-refractivity contribution is 5.51. The molecule has 1 aromatic heterocycles. The maximum atomic E-state index is 5.92. The molecule has 1 aromatic rings. The maximum Gasteiger partial charge on any atom is 0.221 e. The van der Waals surface area contributed by atoms with Crippen LogP contribution in [0.25, 0.3) is 0 Å². The lowest BCUT2D eigenvalue weighted by atomic mass is 9.92. The Hall–Kier alpha value is -1.36. The molecule has 2 unspecified atom stereocenters. The highest BCUT2D eigenvalue weighted by Gasteiger charge is 2.28. The molecule has 5 heteroatoms. The van der Waals surface area contributed by atoms with Crippen molar-refractivity contribution in [2.45, 2.75) is 39.7 Å². The van der Waals surface area contributed by atoms with E-state index in [0.717, 1.165) is 30.3 Å². The summed E-state index contributed by atoms with van der Waals surface area (Å²) in [4.78, 5) is 11.0. The lowest BCUT2D eigenvalue weighted by Gasteiger charge is -2.39. The molecule has 0 bridgehead atoms. The summed E-state index contributed by atoms with van der Waals surface area (Å²) in [5.74, 6) is 2.39. The Morgan fingerprint density at radius 2 is 2.26 bits per heavy atom. The fourth-order valence-electron chi connectivity index (χ4n) is 2.75. The minimum atomic E-state index is 0.367. The van der Waals surface area contributed by atoms with Crippen molar-refractivity contribution in [2.75, 3.05) is 24.6 Å². The molecule has 2 N–H and O–H groups in total. The van der Waals surface area contributed by atoms with E-state index in [2.05, 4.69) is 21.8 Å². The van der Waals surface area contributed by atoms with Crippen LogP contribution in [0.2, 0.25) is 0 Å². The molecule has 0 amide bonds. The van der Waals surface area contributed by atoms with Gasteiger partial charge in [0.05, 0.1) is 12.2 Å². The summed E-state index contributed by atoms with van der Waals surface area (Å²) in [6.07, 6.45) is 3.90. The zero-order valence-electron chi connectivity index (χ0n) is 12.1. The van der Waals surface area contributed by atoms with Crippen LogP contribution in [0, 0.1) is 12.8 Å². The molecule has 0 spiro atoms. The number of aromatic nitrogens is 2. The van der Waals surface area contributed by atoms with E-state index in [0.29, 0.717) is 25.1 Å². The number of rotatable bonds is 4. The minimum Gasteiger partial charge on any atom is -0.478 e. The molecule has 5 nitrogen and oxygen atoms in total. The number of nitrogens with two attached hydrogens (primary N) is 1. The molecule has 0 aromatic carbocycles. The van der Waals surface area contributed by atoms with E-state index in [1.807, 2.05) is 13.8 Å². The van der Waals surface area contributed by atoms with Gasteiger partial charge >= 0.3 is 0 Å². The third-order valence-corrected chi connectivity index (χ3v) is 3.81. The Kier molecular flexibility index (Phi) is 4.58. The Morgan fingerprint density at radius 3 is 2.95 bits per heavy atom. The van der Waals surface area contributed by atoms with Gasteiger partial charge < -0.3 is 15.4 Å². The van der Waals surface area contributed by atoms with Crippen molar-refractivity contribution in [1.82, 2.24) is 9.97 Å². The predicted octanol–water partition coefficient (Wildman–Crippen LogP) is 1.75. The second-order valence-corrected chi connectivity index (χ2v) is 5.27. The van der Waals surface area contributed by atoms with Crippen molar-refractivity contribution in [1.29, 1.82) is 0 Å². The first-order valence-corrected chi connectivity index (χ1v) is 7.08. The standard InChI is InChI=1S/C14H24N4O/c1-4-19-14-11(3)13(16-9-17-14)18-6-5-10(2)7-12(18)8-15/h9-10,12H,4-8,15H2,1-3H3. The van der Waals surface area contributed by atoms with E-state index in [4.69, 9.17) is 10.5 Å². The summed E-state index contributed by atoms with van der Waals surface area (Å²) >= 11 is 0. The number of hydrogen-bond donors (Lipinski definition) is 1. The molecule has 0 aliphatic carbocycles. The first kappa shape index (κ1) is 14.1. The molecule has 1 aliphatic rings. The molecule has 0 radical (unpaired) electrons. The summed E-state index contributed by atoms with van der Waals surface area (Å²) in [7, 11) is 0. The van der Waals surface area contributed by atoms with Gasteiger partial charge in [-0.25, -0.2) is 9.97 Å². The quantitative estimate of drug-likeness (QED) is 0.897. The molecule has 2 rings (SSSR count). The average molecular weight is 264 g/mol. The van der Waals surface area contributed by atoms with E-state index < -0.39 is 0 Å². The fourth-order valence-corrected chi connectivity index (χ4v) is 2.75. The van der Waals surface area contributed by atoms with Crippen molar-refractivity contribution in [2.24, 2.45) is 11.7 Å². The Balaban J connectivity index is 2.27. The summed E-state index contributed by atoms with van der Waals surface area (Å²) in [6.45, 7) is 8.57. The molecule has 106 valence electrons. The van der Waals surface area contributed by atoms with E-state index in [9.17, 15) is 0 Å². The molecule has 1 saturated heterocycles. The van der Waals surface area contributed by atoms with Gasteiger partial charge in [-0.05, 0) is 32.6 Å². The largest absolute Gasteiger partial charge is 0.478 e. The summed E-state index contributed by atoms with van der Waals surface area (Å²) in [5.41, 5.74) is 6.94. The van der Waals surface area contributed by atoms with Gasteiger partial charge in [0.15, 0.2) is 0 Å². The van der Waals surface area contributed by atoms with Crippen LogP contribution in [0.4, 0.5) is 5.82 Å². The van der Waals surface area contributed by atoms with Gasteiger partial charge in [0.2, 0.25) is 5.88 Å². The van der Waals surface area contributed by atoms with Gasteiger partial charge in [-0.15, -0.1) is 0 Å². The van der Waals surface area contributed by atoms with Crippen molar-refractivity contribution < 1.29 is 4.74 Å². The first-order valence-electron chi connectivity index (χ1n) is 7.08. The highest BCUT2D eigenvalue weighted by atomic mass is 16.5. The van der Waals surface area contributed by atoms with Gasteiger partial charge in [-0.2, -0.15) is 0 Å². The Bertz CT molecular complexity index is 424. The zero-order chi connectivity index (χ0) is 13.8.